The van der Waals surface area contributed by atoms with Crippen LogP contribution in [0.4, 0.5) is 0 Å². The SMILES string of the molecule is Cc1ccc(S(=O)(=O)n2ccc(C(=O)N(C)C(C)C(=O)O)c2)cc1. The zero-order valence-electron chi connectivity index (χ0n) is 13.5. The molecule has 0 saturated carbocycles. The lowest BCUT2D eigenvalue weighted by Crippen LogP contribution is -2.40. The Morgan fingerprint density at radius 2 is 1.75 bits per heavy atom. The van der Waals surface area contributed by atoms with E-state index in [2.05, 4.69) is 0 Å². The summed E-state index contributed by atoms with van der Waals surface area (Å²) in [5.74, 6) is -1.71. The van der Waals surface area contributed by atoms with Crippen molar-refractivity contribution in [3.63, 3.8) is 0 Å². The number of aromatic nitrogens is 1. The third-order valence-corrected chi connectivity index (χ3v) is 5.42. The van der Waals surface area contributed by atoms with Gasteiger partial charge < -0.3 is 10.0 Å². The molecule has 0 bridgehead atoms. The van der Waals surface area contributed by atoms with Crippen LogP contribution in [-0.2, 0) is 14.8 Å². The standard InChI is InChI=1S/C16H18N2O5S/c1-11-4-6-14(7-5-11)24(22,23)18-9-8-13(10-18)15(19)17(3)12(2)16(20)21/h4-10,12H,1-3H3,(H,20,21). The highest BCUT2D eigenvalue weighted by molar-refractivity contribution is 7.90. The Bertz CT molecular complexity index is 868. The van der Waals surface area contributed by atoms with Gasteiger partial charge in [-0.05, 0) is 32.0 Å². The summed E-state index contributed by atoms with van der Waals surface area (Å²) in [7, 11) is -2.45. The van der Waals surface area contributed by atoms with Gasteiger partial charge >= 0.3 is 5.97 Å². The summed E-state index contributed by atoms with van der Waals surface area (Å²) in [5.41, 5.74) is 1.03. The molecule has 8 heteroatoms. The van der Waals surface area contributed by atoms with Crippen molar-refractivity contribution < 1.29 is 23.1 Å². The van der Waals surface area contributed by atoms with Crippen LogP contribution in [0.15, 0.2) is 47.6 Å². The van der Waals surface area contributed by atoms with Crippen LogP contribution in [0.2, 0.25) is 0 Å². The summed E-state index contributed by atoms with van der Waals surface area (Å²) < 4.78 is 26.0. The van der Waals surface area contributed by atoms with Crippen LogP contribution in [0.1, 0.15) is 22.8 Å². The number of hydrogen-bond acceptors (Lipinski definition) is 4. The molecule has 1 N–H and O–H groups in total. The molecule has 0 aliphatic carbocycles. The third-order valence-electron chi connectivity index (χ3n) is 3.77. The molecule has 1 amide bonds. The van der Waals surface area contributed by atoms with Gasteiger partial charge in [-0.3, -0.25) is 4.79 Å². The summed E-state index contributed by atoms with van der Waals surface area (Å²) in [5, 5.41) is 8.96. The molecule has 0 saturated heterocycles. The van der Waals surface area contributed by atoms with Gasteiger partial charge in [-0.1, -0.05) is 17.7 Å². The maximum atomic E-state index is 12.5. The lowest BCUT2D eigenvalue weighted by molar-refractivity contribution is -0.141. The molecular formula is C16H18N2O5S. The van der Waals surface area contributed by atoms with Crippen LogP contribution in [0.3, 0.4) is 0 Å². The molecule has 128 valence electrons. The van der Waals surface area contributed by atoms with Crippen molar-refractivity contribution in [1.29, 1.82) is 0 Å². The van der Waals surface area contributed by atoms with Crippen molar-refractivity contribution in [3.8, 4) is 0 Å². The molecule has 0 fully saturated rings. The van der Waals surface area contributed by atoms with E-state index < -0.39 is 27.9 Å². The molecule has 2 aromatic rings. The van der Waals surface area contributed by atoms with Crippen LogP contribution in [0, 0.1) is 6.92 Å². The number of carbonyl (C=O) groups is 2. The van der Waals surface area contributed by atoms with Crippen molar-refractivity contribution in [3.05, 3.63) is 53.9 Å². The van der Waals surface area contributed by atoms with Gasteiger partial charge in [0.15, 0.2) is 0 Å². The molecule has 0 radical (unpaired) electrons. The number of carbonyl (C=O) groups excluding carboxylic acids is 1. The average molecular weight is 350 g/mol. The Balaban J connectivity index is 2.31. The lowest BCUT2D eigenvalue weighted by Gasteiger charge is -2.20. The van der Waals surface area contributed by atoms with Crippen molar-refractivity contribution >= 4 is 21.9 Å². The fourth-order valence-electron chi connectivity index (χ4n) is 2.03. The predicted molar refractivity (Wildman–Crippen MR) is 87.4 cm³/mol. The number of hydrogen-bond donors (Lipinski definition) is 1. The van der Waals surface area contributed by atoms with Crippen molar-refractivity contribution in [2.45, 2.75) is 24.8 Å². The summed E-state index contributed by atoms with van der Waals surface area (Å²) in [6.45, 7) is 3.22. The largest absolute Gasteiger partial charge is 0.480 e. The third kappa shape index (κ3) is 3.33. The number of nitrogens with zero attached hydrogens (tertiary/aromatic N) is 2. The van der Waals surface area contributed by atoms with E-state index in [1.165, 1.54) is 44.6 Å². The molecule has 0 spiro atoms. The maximum Gasteiger partial charge on any atom is 0.326 e. The van der Waals surface area contributed by atoms with Gasteiger partial charge in [0.05, 0.1) is 10.5 Å². The zero-order chi connectivity index (χ0) is 18.1. The smallest absolute Gasteiger partial charge is 0.326 e. The van der Waals surface area contributed by atoms with Gasteiger partial charge in [-0.25, -0.2) is 17.2 Å². The van der Waals surface area contributed by atoms with Crippen molar-refractivity contribution in [2.75, 3.05) is 7.05 Å². The first-order valence-corrected chi connectivity index (χ1v) is 8.59. The van der Waals surface area contributed by atoms with Crippen LogP contribution in [0.5, 0.6) is 0 Å². The molecule has 1 aromatic heterocycles. The molecule has 1 unspecified atom stereocenters. The second-order valence-electron chi connectivity index (χ2n) is 5.48. The van der Waals surface area contributed by atoms with Crippen LogP contribution in [0.25, 0.3) is 0 Å². The summed E-state index contributed by atoms with van der Waals surface area (Å²) in [6.07, 6.45) is 2.45. The number of aliphatic carboxylic acids is 1. The van der Waals surface area contributed by atoms with E-state index >= 15 is 0 Å². The van der Waals surface area contributed by atoms with Gasteiger partial charge in [0, 0.05) is 19.4 Å². The Kier molecular flexibility index (Phi) is 4.79. The number of carboxylic acid groups (broad SMARTS) is 1. The fraction of sp³-hybridized carbons (Fsp3) is 0.250. The summed E-state index contributed by atoms with van der Waals surface area (Å²) in [6, 6.07) is 6.68. The Hall–Kier alpha value is -2.61. The highest BCUT2D eigenvalue weighted by atomic mass is 32.2. The number of amides is 1. The fourth-order valence-corrected chi connectivity index (χ4v) is 3.23. The minimum Gasteiger partial charge on any atom is -0.480 e. The molecule has 2 rings (SSSR count). The van der Waals surface area contributed by atoms with Gasteiger partial charge in [0.2, 0.25) is 0 Å². The number of rotatable bonds is 5. The lowest BCUT2D eigenvalue weighted by atomic mass is 10.2. The van der Waals surface area contributed by atoms with E-state index in [0.717, 1.165) is 14.4 Å². The number of likely N-dealkylation sites (N-methyl/N-ethyl adjacent to an activating group) is 1. The molecule has 0 aliphatic heterocycles. The van der Waals surface area contributed by atoms with E-state index in [4.69, 9.17) is 5.11 Å². The van der Waals surface area contributed by atoms with Crippen molar-refractivity contribution in [1.82, 2.24) is 8.87 Å². The first kappa shape index (κ1) is 17.7. The number of benzene rings is 1. The second-order valence-corrected chi connectivity index (χ2v) is 7.32. The van der Waals surface area contributed by atoms with Crippen molar-refractivity contribution in [2.24, 2.45) is 0 Å². The van der Waals surface area contributed by atoms with Crippen LogP contribution >= 0.6 is 0 Å². The number of aryl methyl sites for hydroxylation is 1. The van der Waals surface area contributed by atoms with Crippen LogP contribution < -0.4 is 0 Å². The van der Waals surface area contributed by atoms with Gasteiger partial charge in [0.1, 0.15) is 6.04 Å². The second kappa shape index (κ2) is 6.48. The highest BCUT2D eigenvalue weighted by Gasteiger charge is 2.25. The molecule has 7 nitrogen and oxygen atoms in total. The van der Waals surface area contributed by atoms with E-state index in [9.17, 15) is 18.0 Å². The number of carboxylic acids is 1. The van der Waals surface area contributed by atoms with E-state index in [1.807, 2.05) is 6.92 Å². The minimum absolute atomic E-state index is 0.0984. The zero-order valence-corrected chi connectivity index (χ0v) is 14.3. The Labute approximate surface area is 140 Å². The monoisotopic (exact) mass is 350 g/mol. The maximum absolute atomic E-state index is 12.5. The molecule has 1 atom stereocenters. The molecule has 1 heterocycles. The first-order chi connectivity index (χ1) is 11.1. The van der Waals surface area contributed by atoms with Gasteiger partial charge in [0.25, 0.3) is 15.9 Å². The van der Waals surface area contributed by atoms with E-state index in [1.54, 1.807) is 12.1 Å². The molecular weight excluding hydrogens is 332 g/mol. The topological polar surface area (TPSA) is 96.7 Å². The van der Waals surface area contributed by atoms with Crippen LogP contribution in [-0.4, -0.2) is 47.4 Å². The Morgan fingerprint density at radius 1 is 1.17 bits per heavy atom. The van der Waals surface area contributed by atoms with Gasteiger partial charge in [-0.2, -0.15) is 0 Å². The quantitative estimate of drug-likeness (QED) is 0.883. The summed E-state index contributed by atoms with van der Waals surface area (Å²) >= 11 is 0. The van der Waals surface area contributed by atoms with E-state index in [-0.39, 0.29) is 10.5 Å². The highest BCUT2D eigenvalue weighted by Crippen LogP contribution is 2.17. The summed E-state index contributed by atoms with van der Waals surface area (Å²) in [4.78, 5) is 24.4. The van der Waals surface area contributed by atoms with Gasteiger partial charge in [-0.15, -0.1) is 0 Å². The normalized spacial score (nSPS) is 12.6. The predicted octanol–water partition coefficient (Wildman–Crippen LogP) is 1.58. The Morgan fingerprint density at radius 3 is 2.29 bits per heavy atom. The molecule has 1 aromatic carbocycles. The molecule has 24 heavy (non-hydrogen) atoms. The molecule has 0 aliphatic rings. The van der Waals surface area contributed by atoms with E-state index in [0.29, 0.717) is 0 Å². The minimum atomic E-state index is -3.80. The first-order valence-electron chi connectivity index (χ1n) is 7.15. The average Bonchev–Trinajstić information content (AvgIpc) is 3.03.